The molecule has 2 aromatic rings. The normalized spacial score (nSPS) is 11.5. The molecular weight excluding hydrogens is 401 g/mol. The van der Waals surface area contributed by atoms with Crippen molar-refractivity contribution in [2.24, 2.45) is 0 Å². The number of nitrogens with one attached hydrogen (secondary N) is 1. The van der Waals surface area contributed by atoms with Crippen molar-refractivity contribution in [3.63, 3.8) is 0 Å². The first kappa shape index (κ1) is 20.4. The summed E-state index contributed by atoms with van der Waals surface area (Å²) in [4.78, 5) is 24.1. The summed E-state index contributed by atoms with van der Waals surface area (Å²) >= 11 is 17.7. The van der Waals surface area contributed by atoms with E-state index in [-0.39, 0.29) is 27.4 Å². The third-order valence-corrected chi connectivity index (χ3v) is 4.45. The van der Waals surface area contributed by atoms with E-state index in [2.05, 4.69) is 5.32 Å². The summed E-state index contributed by atoms with van der Waals surface area (Å²) in [5, 5.41) is 3.35. The molecule has 2 aromatic carbocycles. The highest BCUT2D eigenvalue weighted by atomic mass is 35.5. The van der Waals surface area contributed by atoms with Gasteiger partial charge in [0.1, 0.15) is 11.8 Å². The minimum absolute atomic E-state index is 0.217. The summed E-state index contributed by atoms with van der Waals surface area (Å²) in [5.74, 6) is -0.831. The van der Waals surface area contributed by atoms with Gasteiger partial charge in [0.05, 0.1) is 22.2 Å². The number of esters is 1. The number of hydrogen-bond donors (Lipinski definition) is 1. The minimum Gasteiger partial charge on any atom is -0.482 e. The van der Waals surface area contributed by atoms with Gasteiger partial charge in [0.15, 0.2) is 6.61 Å². The Labute approximate surface area is 166 Å². The number of carbonyl (C=O) groups is 2. The van der Waals surface area contributed by atoms with Gasteiger partial charge in [-0.15, -0.1) is 0 Å². The van der Waals surface area contributed by atoms with E-state index in [1.807, 2.05) is 30.3 Å². The third kappa shape index (κ3) is 5.80. The molecule has 0 saturated carbocycles. The van der Waals surface area contributed by atoms with Gasteiger partial charge >= 0.3 is 5.97 Å². The van der Waals surface area contributed by atoms with Gasteiger partial charge in [-0.05, 0) is 11.6 Å². The molecule has 8 heteroatoms. The Morgan fingerprint density at radius 3 is 2.35 bits per heavy atom. The Morgan fingerprint density at radius 1 is 1.04 bits per heavy atom. The molecular formula is C18H16Cl3NO4. The number of halogens is 3. The van der Waals surface area contributed by atoms with Crippen molar-refractivity contribution in [3.8, 4) is 5.75 Å². The van der Waals surface area contributed by atoms with Crippen molar-refractivity contribution in [2.75, 3.05) is 13.7 Å². The summed E-state index contributed by atoms with van der Waals surface area (Å²) in [6, 6.07) is 11.3. The number of benzene rings is 2. The van der Waals surface area contributed by atoms with Gasteiger partial charge in [-0.25, -0.2) is 4.79 Å². The van der Waals surface area contributed by atoms with E-state index in [1.54, 1.807) is 0 Å². The number of rotatable bonds is 7. The number of carbonyl (C=O) groups excluding carboxylic acids is 2. The fraction of sp³-hybridized carbons (Fsp3) is 0.222. The summed E-state index contributed by atoms with van der Waals surface area (Å²) in [5.41, 5.74) is 0.886. The van der Waals surface area contributed by atoms with Gasteiger partial charge in [0.2, 0.25) is 0 Å². The molecule has 0 heterocycles. The smallest absolute Gasteiger partial charge is 0.328 e. The second-order valence-electron chi connectivity index (χ2n) is 5.32. The standard InChI is InChI=1S/C18H16Cl3NO4/c1-25-18(24)15(7-11-5-3-2-4-6-11)22-17(23)10-26-16-9-13(20)12(19)8-14(16)21/h2-6,8-9,15H,7,10H2,1H3,(H,22,23). The predicted molar refractivity (Wildman–Crippen MR) is 101 cm³/mol. The van der Waals surface area contributed by atoms with Crippen LogP contribution in [0.5, 0.6) is 5.75 Å². The molecule has 1 unspecified atom stereocenters. The molecule has 1 N–H and O–H groups in total. The first-order valence-electron chi connectivity index (χ1n) is 7.59. The fourth-order valence-corrected chi connectivity index (χ4v) is 2.77. The van der Waals surface area contributed by atoms with Gasteiger partial charge in [-0.1, -0.05) is 65.1 Å². The fourth-order valence-electron chi connectivity index (χ4n) is 2.18. The summed E-state index contributed by atoms with van der Waals surface area (Å²) in [6.07, 6.45) is 0.298. The van der Waals surface area contributed by atoms with Crippen molar-refractivity contribution in [2.45, 2.75) is 12.5 Å². The lowest BCUT2D eigenvalue weighted by Crippen LogP contribution is -2.44. The van der Waals surface area contributed by atoms with Gasteiger partial charge in [-0.3, -0.25) is 4.79 Å². The molecule has 0 fully saturated rings. The second-order valence-corrected chi connectivity index (χ2v) is 6.54. The van der Waals surface area contributed by atoms with Crippen LogP contribution in [0.2, 0.25) is 15.1 Å². The van der Waals surface area contributed by atoms with Crippen LogP contribution in [0.1, 0.15) is 5.56 Å². The maximum atomic E-state index is 12.2. The topological polar surface area (TPSA) is 64.6 Å². The van der Waals surface area contributed by atoms with E-state index in [0.29, 0.717) is 6.42 Å². The van der Waals surface area contributed by atoms with Crippen LogP contribution in [0.25, 0.3) is 0 Å². The molecule has 5 nitrogen and oxygen atoms in total. The minimum atomic E-state index is -0.831. The Hall–Kier alpha value is -1.95. The van der Waals surface area contributed by atoms with Crippen LogP contribution in [0.4, 0.5) is 0 Å². The molecule has 0 saturated heterocycles. The van der Waals surface area contributed by atoms with Crippen molar-refractivity contribution in [3.05, 3.63) is 63.1 Å². The average molecular weight is 417 g/mol. The zero-order chi connectivity index (χ0) is 19.1. The lowest BCUT2D eigenvalue weighted by Gasteiger charge is -2.17. The first-order valence-corrected chi connectivity index (χ1v) is 8.72. The largest absolute Gasteiger partial charge is 0.482 e. The van der Waals surface area contributed by atoms with Crippen LogP contribution in [-0.2, 0) is 20.7 Å². The van der Waals surface area contributed by atoms with E-state index in [4.69, 9.17) is 44.3 Å². The van der Waals surface area contributed by atoms with Gasteiger partial charge < -0.3 is 14.8 Å². The third-order valence-electron chi connectivity index (χ3n) is 3.44. The van der Waals surface area contributed by atoms with Gasteiger partial charge in [0.25, 0.3) is 5.91 Å². The molecule has 0 aliphatic rings. The zero-order valence-corrected chi connectivity index (χ0v) is 16.1. The molecule has 0 spiro atoms. The summed E-state index contributed by atoms with van der Waals surface area (Å²) in [7, 11) is 1.26. The van der Waals surface area contributed by atoms with E-state index >= 15 is 0 Å². The lowest BCUT2D eigenvalue weighted by molar-refractivity contribution is -0.145. The van der Waals surface area contributed by atoms with Crippen molar-refractivity contribution in [1.82, 2.24) is 5.32 Å². The molecule has 0 radical (unpaired) electrons. The van der Waals surface area contributed by atoms with E-state index in [0.717, 1.165) is 5.56 Å². The van der Waals surface area contributed by atoms with Crippen molar-refractivity contribution >= 4 is 46.7 Å². The molecule has 138 valence electrons. The Morgan fingerprint density at radius 2 is 1.69 bits per heavy atom. The molecule has 0 bridgehead atoms. The zero-order valence-electron chi connectivity index (χ0n) is 13.8. The lowest BCUT2D eigenvalue weighted by atomic mass is 10.1. The number of ether oxygens (including phenoxy) is 2. The molecule has 1 amide bonds. The van der Waals surface area contributed by atoms with Crippen LogP contribution < -0.4 is 10.1 Å². The van der Waals surface area contributed by atoms with E-state index in [1.165, 1.54) is 19.2 Å². The maximum absolute atomic E-state index is 12.2. The molecule has 0 aliphatic carbocycles. The quantitative estimate of drug-likeness (QED) is 0.549. The Balaban J connectivity index is 1.99. The van der Waals surface area contributed by atoms with Crippen LogP contribution in [0.15, 0.2) is 42.5 Å². The van der Waals surface area contributed by atoms with Crippen LogP contribution in [0.3, 0.4) is 0 Å². The average Bonchev–Trinajstić information content (AvgIpc) is 2.63. The monoisotopic (exact) mass is 415 g/mol. The molecule has 0 aliphatic heterocycles. The Bertz CT molecular complexity index is 784. The number of methoxy groups -OCH3 is 1. The van der Waals surface area contributed by atoms with Gasteiger partial charge in [-0.2, -0.15) is 0 Å². The second kappa shape index (κ2) is 9.67. The van der Waals surface area contributed by atoms with E-state index in [9.17, 15) is 9.59 Å². The molecule has 2 rings (SSSR count). The highest BCUT2D eigenvalue weighted by molar-refractivity contribution is 6.43. The SMILES string of the molecule is COC(=O)C(Cc1ccccc1)NC(=O)COc1cc(Cl)c(Cl)cc1Cl. The molecule has 26 heavy (non-hydrogen) atoms. The summed E-state index contributed by atoms with van der Waals surface area (Å²) in [6.45, 7) is -0.347. The summed E-state index contributed by atoms with van der Waals surface area (Å²) < 4.78 is 10.1. The predicted octanol–water partition coefficient (Wildman–Crippen LogP) is 3.93. The van der Waals surface area contributed by atoms with Gasteiger partial charge in [0, 0.05) is 12.5 Å². The van der Waals surface area contributed by atoms with Crippen LogP contribution in [0, 0.1) is 0 Å². The first-order chi connectivity index (χ1) is 12.4. The highest BCUT2D eigenvalue weighted by Crippen LogP contribution is 2.33. The number of hydrogen-bond acceptors (Lipinski definition) is 4. The van der Waals surface area contributed by atoms with Crippen molar-refractivity contribution in [1.29, 1.82) is 0 Å². The molecule has 0 aromatic heterocycles. The van der Waals surface area contributed by atoms with Crippen LogP contribution >= 0.6 is 34.8 Å². The van der Waals surface area contributed by atoms with Crippen molar-refractivity contribution < 1.29 is 19.1 Å². The number of amides is 1. The highest BCUT2D eigenvalue weighted by Gasteiger charge is 2.22. The Kier molecular flexibility index (Phi) is 7.57. The molecule has 1 atom stereocenters. The van der Waals surface area contributed by atoms with E-state index < -0.39 is 17.9 Å². The van der Waals surface area contributed by atoms with Crippen LogP contribution in [-0.4, -0.2) is 31.6 Å². The maximum Gasteiger partial charge on any atom is 0.328 e.